The van der Waals surface area contributed by atoms with Crippen LogP contribution in [0.25, 0.3) is 22.2 Å². The molecule has 2 aliphatic rings. The van der Waals surface area contributed by atoms with Gasteiger partial charge >= 0.3 is 23.9 Å². The highest BCUT2D eigenvalue weighted by molar-refractivity contribution is 8.00. The molecule has 0 spiro atoms. The molecule has 7 rings (SSSR count). The minimum atomic E-state index is -5.24. The molecule has 4 heterocycles. The summed E-state index contributed by atoms with van der Waals surface area (Å²) in [4.78, 5) is 28.7. The number of amides is 1. The van der Waals surface area contributed by atoms with E-state index in [1.54, 1.807) is 79.1 Å². The molecular formula is C43H42F8N6O4S. The number of aryl methyl sites for hydroxylation is 1. The lowest BCUT2D eigenvalue weighted by atomic mass is 9.98. The van der Waals surface area contributed by atoms with Crippen LogP contribution in [-0.2, 0) is 24.0 Å². The molecule has 5 aromatic rings. The van der Waals surface area contributed by atoms with Crippen molar-refractivity contribution in [3.05, 3.63) is 94.8 Å². The molecule has 0 aliphatic carbocycles. The average molecular weight is 891 g/mol. The molecule has 62 heavy (non-hydrogen) atoms. The molecule has 2 aromatic heterocycles. The van der Waals surface area contributed by atoms with Gasteiger partial charge in [0.25, 0.3) is 0 Å². The number of pyridine rings is 1. The molecule has 10 nitrogen and oxygen atoms in total. The molecule has 330 valence electrons. The zero-order valence-electron chi connectivity index (χ0n) is 34.4. The zero-order valence-corrected chi connectivity index (χ0v) is 35.2. The molecule has 0 saturated carbocycles. The summed E-state index contributed by atoms with van der Waals surface area (Å²) in [5.74, 6) is -0.962. The van der Waals surface area contributed by atoms with Gasteiger partial charge in [-0.1, -0.05) is 24.3 Å². The number of nitrogens with zero attached hydrogens (tertiary/aromatic N) is 6. The number of benzene rings is 3. The summed E-state index contributed by atoms with van der Waals surface area (Å²) in [5.41, 5.74) is -9.68. The summed E-state index contributed by atoms with van der Waals surface area (Å²) >= 11 is -0.837. The van der Waals surface area contributed by atoms with Gasteiger partial charge in [-0.15, -0.1) is 0 Å². The van der Waals surface area contributed by atoms with Gasteiger partial charge in [0, 0.05) is 36.5 Å². The third-order valence-corrected chi connectivity index (χ3v) is 11.3. The molecule has 0 N–H and O–H groups in total. The standard InChI is InChI=1S/C43H42F8N6O4S/c1-23-17-32(55(19-24-7-13-28(59-5)14-8-24)20-25-9-15-29(60-6)16-10-25)52-37(34(23)42(46,47)48)33-31(62-43(49,50)51)18-30-36(35(33)44)53-39(45)54-38(30)56-21-26-11-12-27(22-56)57(26)40(58)61-41(2,3)4/h7-10,13-18,26-27H,11-12,19-22H2,1-6H3. The van der Waals surface area contributed by atoms with Gasteiger partial charge in [-0.05, 0) is 105 Å². The second-order valence-electron chi connectivity index (χ2n) is 16.1. The predicted octanol–water partition coefficient (Wildman–Crippen LogP) is 10.7. The highest BCUT2D eigenvalue weighted by Crippen LogP contribution is 2.49. The molecule has 0 radical (unpaired) electrons. The van der Waals surface area contributed by atoms with Crippen molar-refractivity contribution in [1.29, 1.82) is 0 Å². The van der Waals surface area contributed by atoms with Crippen molar-refractivity contribution in [2.45, 2.75) is 87.9 Å². The summed E-state index contributed by atoms with van der Waals surface area (Å²) < 4.78 is 138. The van der Waals surface area contributed by atoms with E-state index < -0.39 is 91.9 Å². The van der Waals surface area contributed by atoms with Crippen LogP contribution in [0.1, 0.15) is 55.9 Å². The lowest BCUT2D eigenvalue weighted by Crippen LogP contribution is -2.57. The molecule has 2 saturated heterocycles. The van der Waals surface area contributed by atoms with E-state index in [2.05, 4.69) is 15.0 Å². The summed E-state index contributed by atoms with van der Waals surface area (Å²) in [6, 6.07) is 14.7. The number of rotatable bonds is 10. The first-order valence-corrected chi connectivity index (χ1v) is 20.3. The Hall–Kier alpha value is -5.59. The van der Waals surface area contributed by atoms with Crippen LogP contribution in [0.3, 0.4) is 0 Å². The van der Waals surface area contributed by atoms with E-state index >= 15 is 22.0 Å². The van der Waals surface area contributed by atoms with Crippen molar-refractivity contribution in [3.63, 3.8) is 0 Å². The average Bonchev–Trinajstić information content (AvgIpc) is 3.45. The van der Waals surface area contributed by atoms with E-state index in [0.29, 0.717) is 35.5 Å². The predicted molar refractivity (Wildman–Crippen MR) is 217 cm³/mol. The quantitative estimate of drug-likeness (QED) is 0.0767. The van der Waals surface area contributed by atoms with Gasteiger partial charge in [0.15, 0.2) is 5.82 Å². The van der Waals surface area contributed by atoms with Crippen molar-refractivity contribution in [3.8, 4) is 22.8 Å². The van der Waals surface area contributed by atoms with Gasteiger partial charge in [0.05, 0.1) is 43.1 Å². The van der Waals surface area contributed by atoms with E-state index in [0.717, 1.165) is 19.1 Å². The minimum Gasteiger partial charge on any atom is -0.497 e. The van der Waals surface area contributed by atoms with Crippen molar-refractivity contribution in [2.75, 3.05) is 37.1 Å². The highest BCUT2D eigenvalue weighted by Gasteiger charge is 2.46. The Morgan fingerprint density at radius 1 is 0.823 bits per heavy atom. The van der Waals surface area contributed by atoms with Crippen LogP contribution >= 0.6 is 11.8 Å². The Morgan fingerprint density at radius 2 is 1.37 bits per heavy atom. The first-order chi connectivity index (χ1) is 29.1. The number of ether oxygens (including phenoxy) is 3. The smallest absolute Gasteiger partial charge is 0.446 e. The first kappa shape index (κ1) is 44.5. The van der Waals surface area contributed by atoms with E-state index in [1.165, 1.54) is 19.1 Å². The topological polar surface area (TPSA) is 93.2 Å². The summed E-state index contributed by atoms with van der Waals surface area (Å²) in [5, 5.41) is -0.369. The fourth-order valence-corrected chi connectivity index (χ4v) is 8.71. The summed E-state index contributed by atoms with van der Waals surface area (Å²) in [6.07, 6.45) is -6.22. The maximum absolute atomic E-state index is 17.3. The molecule has 2 bridgehead atoms. The Kier molecular flexibility index (Phi) is 12.1. The van der Waals surface area contributed by atoms with Crippen LogP contribution in [0.5, 0.6) is 11.5 Å². The van der Waals surface area contributed by atoms with Gasteiger partial charge in [-0.2, -0.15) is 40.7 Å². The maximum Gasteiger partial charge on any atom is 0.446 e. The number of aromatic nitrogens is 3. The number of carbonyl (C=O) groups excluding carboxylic acids is 1. The highest BCUT2D eigenvalue weighted by atomic mass is 32.2. The monoisotopic (exact) mass is 890 g/mol. The Morgan fingerprint density at radius 3 is 1.85 bits per heavy atom. The third kappa shape index (κ3) is 9.56. The zero-order chi connectivity index (χ0) is 44.9. The van der Waals surface area contributed by atoms with E-state index in [9.17, 15) is 18.0 Å². The molecular weight excluding hydrogens is 849 g/mol. The van der Waals surface area contributed by atoms with Crippen LogP contribution in [0.4, 0.5) is 51.6 Å². The first-order valence-electron chi connectivity index (χ1n) is 19.4. The lowest BCUT2D eigenvalue weighted by Gasteiger charge is -2.42. The SMILES string of the molecule is COc1ccc(CN(Cc2ccc(OC)cc2)c2cc(C)c(C(F)(F)F)c(-c3c(SC(F)(F)F)cc4c(N5CC6CCC(C5)N6C(=O)OC(C)(C)C)nc(F)nc4c3F)n2)cc1. The van der Waals surface area contributed by atoms with Crippen LogP contribution in [0.15, 0.2) is 65.6 Å². The molecule has 19 heteroatoms. The summed E-state index contributed by atoms with van der Waals surface area (Å²) in [7, 11) is 2.97. The third-order valence-electron chi connectivity index (χ3n) is 10.6. The van der Waals surface area contributed by atoms with Gasteiger partial charge in [-0.3, -0.25) is 4.90 Å². The number of fused-ring (bicyclic) bond motifs is 3. The van der Waals surface area contributed by atoms with Gasteiger partial charge < -0.3 is 24.0 Å². The Balaban J connectivity index is 1.39. The van der Waals surface area contributed by atoms with Crippen LogP contribution in [0, 0.1) is 18.8 Å². The number of alkyl halides is 6. The fourth-order valence-electron chi connectivity index (χ4n) is 7.99. The van der Waals surface area contributed by atoms with E-state index in [4.69, 9.17) is 14.2 Å². The van der Waals surface area contributed by atoms with Crippen LogP contribution < -0.4 is 19.3 Å². The molecule has 2 unspecified atom stereocenters. The number of thioether (sulfide) groups is 1. The second-order valence-corrected chi connectivity index (χ2v) is 17.2. The van der Waals surface area contributed by atoms with Crippen LogP contribution in [-0.4, -0.2) is 76.4 Å². The minimum absolute atomic E-state index is 0.0334. The van der Waals surface area contributed by atoms with Crippen molar-refractivity contribution in [2.24, 2.45) is 0 Å². The molecule has 2 atom stereocenters. The van der Waals surface area contributed by atoms with E-state index in [-0.39, 0.29) is 43.2 Å². The Bertz CT molecular complexity index is 2400. The van der Waals surface area contributed by atoms with Gasteiger partial charge in [0.2, 0.25) is 0 Å². The normalized spacial score (nSPS) is 16.8. The van der Waals surface area contributed by atoms with Gasteiger partial charge in [-0.25, -0.2) is 14.2 Å². The van der Waals surface area contributed by atoms with E-state index in [1.807, 2.05) is 0 Å². The molecule has 1 amide bonds. The number of hydrogen-bond donors (Lipinski definition) is 0. The molecule has 3 aromatic carbocycles. The number of carbonyl (C=O) groups is 1. The maximum atomic E-state index is 17.3. The second kappa shape index (κ2) is 16.9. The van der Waals surface area contributed by atoms with Crippen molar-refractivity contribution in [1.82, 2.24) is 19.9 Å². The Labute approximate surface area is 356 Å². The fraction of sp³-hybridized carbons (Fsp3) is 0.395. The van der Waals surface area contributed by atoms with Crippen molar-refractivity contribution >= 4 is 40.4 Å². The number of halogens is 8. The number of anilines is 2. The number of hydrogen-bond acceptors (Lipinski definition) is 10. The van der Waals surface area contributed by atoms with Crippen molar-refractivity contribution < 1.29 is 54.1 Å². The number of piperazine rings is 1. The van der Waals surface area contributed by atoms with Gasteiger partial charge in [0.1, 0.15) is 34.3 Å². The molecule has 2 fully saturated rings. The largest absolute Gasteiger partial charge is 0.497 e. The van der Waals surface area contributed by atoms with Crippen LogP contribution in [0.2, 0.25) is 0 Å². The summed E-state index contributed by atoms with van der Waals surface area (Å²) in [6.45, 7) is 6.40. The number of methoxy groups -OCH3 is 2. The molecule has 2 aliphatic heterocycles. The lowest BCUT2D eigenvalue weighted by molar-refractivity contribution is -0.137.